The molecule has 1 fully saturated rings. The van der Waals surface area contributed by atoms with Gasteiger partial charge in [-0.1, -0.05) is 0 Å². The molecule has 1 unspecified atom stereocenters. The number of hydrogen-bond donors (Lipinski definition) is 2. The van der Waals surface area contributed by atoms with Crippen molar-refractivity contribution in [2.75, 3.05) is 46.6 Å². The second-order valence-corrected chi connectivity index (χ2v) is 4.60. The van der Waals surface area contributed by atoms with Crippen molar-refractivity contribution in [3.63, 3.8) is 0 Å². The van der Waals surface area contributed by atoms with Crippen molar-refractivity contribution in [3.8, 4) is 0 Å². The minimum Gasteiger partial charge on any atom is -0.382 e. The molecular weight excluding hydrogens is 246 g/mol. The van der Waals surface area contributed by atoms with Gasteiger partial charge >= 0.3 is 0 Å². The predicted molar refractivity (Wildman–Crippen MR) is 75.4 cm³/mol. The minimum absolute atomic E-state index is 0.259. The highest BCUT2D eigenvalue weighted by atomic mass is 16.5. The Morgan fingerprint density at radius 1 is 1.37 bits per heavy atom. The molecule has 1 atom stereocenters. The first-order valence-corrected chi connectivity index (χ1v) is 7.05. The summed E-state index contributed by atoms with van der Waals surface area (Å²) in [4.78, 5) is 4.28. The molecule has 6 nitrogen and oxygen atoms in total. The zero-order valence-electron chi connectivity index (χ0n) is 11.9. The third-order valence-corrected chi connectivity index (χ3v) is 2.94. The Balaban J connectivity index is 1.88. The molecule has 0 amide bonds. The van der Waals surface area contributed by atoms with E-state index >= 15 is 0 Å². The lowest BCUT2D eigenvalue weighted by Crippen LogP contribution is -2.33. The molecular formula is C13H27N3O3. The lowest BCUT2D eigenvalue weighted by molar-refractivity contribution is 0.0689. The van der Waals surface area contributed by atoms with E-state index in [1.54, 1.807) is 7.11 Å². The molecule has 1 heterocycles. The third kappa shape index (κ3) is 8.80. The molecule has 0 aromatic rings. The van der Waals surface area contributed by atoms with Gasteiger partial charge in [0.2, 0.25) is 0 Å². The molecule has 0 aliphatic carbocycles. The first-order chi connectivity index (χ1) is 9.33. The molecule has 0 saturated carbocycles. The van der Waals surface area contributed by atoms with Crippen molar-refractivity contribution in [1.29, 1.82) is 0 Å². The van der Waals surface area contributed by atoms with Crippen molar-refractivity contribution in [2.45, 2.75) is 31.8 Å². The lowest BCUT2D eigenvalue weighted by atomic mass is 10.2. The van der Waals surface area contributed by atoms with Crippen LogP contribution in [-0.2, 0) is 14.2 Å². The first-order valence-electron chi connectivity index (χ1n) is 7.05. The molecule has 0 aromatic carbocycles. The summed E-state index contributed by atoms with van der Waals surface area (Å²) in [7, 11) is 1.67. The van der Waals surface area contributed by atoms with E-state index < -0.39 is 0 Å². The standard InChI is InChI=1S/C13H27N3O3/c1-17-9-10-18-7-3-2-6-15-13(14)16-11-12-5-4-8-19-12/h12H,2-11H2,1H3,(H3,14,15,16). The Morgan fingerprint density at radius 2 is 2.26 bits per heavy atom. The molecule has 0 bridgehead atoms. The first kappa shape index (κ1) is 16.2. The van der Waals surface area contributed by atoms with E-state index in [4.69, 9.17) is 19.9 Å². The van der Waals surface area contributed by atoms with Crippen LogP contribution in [0.3, 0.4) is 0 Å². The fourth-order valence-corrected chi connectivity index (χ4v) is 1.83. The summed E-state index contributed by atoms with van der Waals surface area (Å²) in [5.41, 5.74) is 5.77. The smallest absolute Gasteiger partial charge is 0.188 e. The maximum atomic E-state index is 5.77. The highest BCUT2D eigenvalue weighted by molar-refractivity contribution is 5.77. The van der Waals surface area contributed by atoms with Crippen LogP contribution in [0.25, 0.3) is 0 Å². The van der Waals surface area contributed by atoms with Crippen LogP contribution in [0.4, 0.5) is 0 Å². The van der Waals surface area contributed by atoms with Crippen LogP contribution in [0.5, 0.6) is 0 Å². The number of nitrogens with two attached hydrogens (primary N) is 1. The van der Waals surface area contributed by atoms with Gasteiger partial charge in [0.05, 0.1) is 25.9 Å². The normalized spacial score (nSPS) is 19.8. The molecule has 0 aromatic heterocycles. The maximum absolute atomic E-state index is 5.77. The quantitative estimate of drug-likeness (QED) is 0.344. The van der Waals surface area contributed by atoms with Gasteiger partial charge in [0.25, 0.3) is 0 Å². The van der Waals surface area contributed by atoms with Gasteiger partial charge in [-0.3, -0.25) is 4.99 Å². The van der Waals surface area contributed by atoms with Crippen LogP contribution in [0.15, 0.2) is 4.99 Å². The van der Waals surface area contributed by atoms with Crippen molar-refractivity contribution in [3.05, 3.63) is 0 Å². The van der Waals surface area contributed by atoms with Gasteiger partial charge in [0.1, 0.15) is 0 Å². The van der Waals surface area contributed by atoms with Crippen LogP contribution in [-0.4, -0.2) is 58.7 Å². The Bertz CT molecular complexity index is 243. The molecule has 3 N–H and O–H groups in total. The summed E-state index contributed by atoms with van der Waals surface area (Å²) >= 11 is 0. The van der Waals surface area contributed by atoms with Crippen molar-refractivity contribution in [2.24, 2.45) is 10.7 Å². The van der Waals surface area contributed by atoms with Gasteiger partial charge in [-0.25, -0.2) is 0 Å². The molecule has 1 aliphatic heterocycles. The van der Waals surface area contributed by atoms with E-state index in [1.807, 2.05) is 0 Å². The fraction of sp³-hybridized carbons (Fsp3) is 0.923. The number of nitrogens with zero attached hydrogens (tertiary/aromatic N) is 1. The van der Waals surface area contributed by atoms with E-state index in [1.165, 1.54) is 0 Å². The van der Waals surface area contributed by atoms with Crippen LogP contribution in [0.1, 0.15) is 25.7 Å². The fourth-order valence-electron chi connectivity index (χ4n) is 1.83. The van der Waals surface area contributed by atoms with Gasteiger partial charge in [-0.2, -0.15) is 0 Å². The highest BCUT2D eigenvalue weighted by Gasteiger charge is 2.14. The minimum atomic E-state index is 0.259. The maximum Gasteiger partial charge on any atom is 0.188 e. The average Bonchev–Trinajstić information content (AvgIpc) is 2.93. The van der Waals surface area contributed by atoms with Gasteiger partial charge in [-0.15, -0.1) is 0 Å². The number of ether oxygens (including phenoxy) is 3. The van der Waals surface area contributed by atoms with E-state index in [0.29, 0.717) is 25.7 Å². The number of aliphatic imine (C=N–C) groups is 1. The van der Waals surface area contributed by atoms with E-state index in [0.717, 1.165) is 45.4 Å². The Kier molecular flexibility index (Phi) is 9.40. The van der Waals surface area contributed by atoms with Gasteiger partial charge in [-0.05, 0) is 25.7 Å². The largest absolute Gasteiger partial charge is 0.382 e. The number of unbranched alkanes of at least 4 members (excludes halogenated alkanes) is 1. The second-order valence-electron chi connectivity index (χ2n) is 4.60. The van der Waals surface area contributed by atoms with Gasteiger partial charge in [0.15, 0.2) is 5.96 Å². The van der Waals surface area contributed by atoms with Crippen molar-refractivity contribution < 1.29 is 14.2 Å². The van der Waals surface area contributed by atoms with Crippen molar-refractivity contribution >= 4 is 5.96 Å². The number of nitrogens with one attached hydrogen (secondary N) is 1. The molecule has 1 saturated heterocycles. The third-order valence-electron chi connectivity index (χ3n) is 2.94. The monoisotopic (exact) mass is 273 g/mol. The number of methoxy groups -OCH3 is 1. The predicted octanol–water partition coefficient (Wildman–Crippen LogP) is 0.513. The number of rotatable bonds is 10. The molecule has 6 heteroatoms. The summed E-state index contributed by atoms with van der Waals surface area (Å²) in [6, 6.07) is 0. The Morgan fingerprint density at radius 3 is 3.00 bits per heavy atom. The Hall–Kier alpha value is -0.850. The summed E-state index contributed by atoms with van der Waals surface area (Å²) in [6.45, 7) is 4.43. The molecule has 0 spiro atoms. The summed E-state index contributed by atoms with van der Waals surface area (Å²) in [5.74, 6) is 0.510. The van der Waals surface area contributed by atoms with E-state index in [-0.39, 0.29) is 6.10 Å². The zero-order chi connectivity index (χ0) is 13.8. The summed E-state index contributed by atoms with van der Waals surface area (Å²) in [5, 5.41) is 3.10. The summed E-state index contributed by atoms with van der Waals surface area (Å²) in [6.07, 6.45) is 4.51. The van der Waals surface area contributed by atoms with Crippen molar-refractivity contribution in [1.82, 2.24) is 5.32 Å². The van der Waals surface area contributed by atoms with E-state index in [9.17, 15) is 0 Å². The van der Waals surface area contributed by atoms with E-state index in [2.05, 4.69) is 10.3 Å². The van der Waals surface area contributed by atoms with Gasteiger partial charge < -0.3 is 25.3 Å². The van der Waals surface area contributed by atoms with Crippen LogP contribution < -0.4 is 11.1 Å². The molecule has 19 heavy (non-hydrogen) atoms. The molecule has 112 valence electrons. The topological polar surface area (TPSA) is 78.1 Å². The van der Waals surface area contributed by atoms with Crippen LogP contribution in [0.2, 0.25) is 0 Å². The molecule has 1 rings (SSSR count). The Labute approximate surface area is 115 Å². The second kappa shape index (κ2) is 11.0. The number of guanidine groups is 1. The highest BCUT2D eigenvalue weighted by Crippen LogP contribution is 2.11. The van der Waals surface area contributed by atoms with Crippen LogP contribution in [0, 0.1) is 0 Å². The average molecular weight is 273 g/mol. The van der Waals surface area contributed by atoms with Gasteiger partial charge in [0, 0.05) is 26.9 Å². The molecule has 1 aliphatic rings. The lowest BCUT2D eigenvalue weighted by Gasteiger charge is -2.08. The number of hydrogen-bond acceptors (Lipinski definition) is 4. The zero-order valence-corrected chi connectivity index (χ0v) is 11.9. The SMILES string of the molecule is COCCOCCCCNC(N)=NCC1CCCO1. The molecule has 0 radical (unpaired) electrons. The summed E-state index contributed by atoms with van der Waals surface area (Å²) < 4.78 is 15.7. The van der Waals surface area contributed by atoms with Crippen LogP contribution >= 0.6 is 0 Å².